The van der Waals surface area contributed by atoms with E-state index in [2.05, 4.69) is 15.6 Å². The van der Waals surface area contributed by atoms with E-state index in [-0.39, 0.29) is 28.7 Å². The topological polar surface area (TPSA) is 115 Å². The Hall–Kier alpha value is -2.79. The van der Waals surface area contributed by atoms with Crippen LogP contribution in [0.15, 0.2) is 30.5 Å². The number of pyridine rings is 1. The predicted octanol–water partition coefficient (Wildman–Crippen LogP) is 2.81. The molecule has 0 radical (unpaired) electrons. The van der Waals surface area contributed by atoms with Gasteiger partial charge in [0.15, 0.2) is 11.5 Å². The van der Waals surface area contributed by atoms with Crippen LogP contribution in [-0.2, 0) is 15.6 Å². The molecular formula is C19H18ClF2N5O3S. The van der Waals surface area contributed by atoms with Gasteiger partial charge in [-0.3, -0.25) is 10.2 Å². The van der Waals surface area contributed by atoms with E-state index in [9.17, 15) is 22.0 Å². The fraction of sp³-hybridized carbons (Fsp3) is 0.316. The zero-order chi connectivity index (χ0) is 22.6. The molecule has 3 N–H and O–H groups in total. The number of carbonyl (C=O) groups is 1. The Morgan fingerprint density at radius 2 is 2.10 bits per heavy atom. The number of benzene rings is 1. The van der Waals surface area contributed by atoms with Gasteiger partial charge in [-0.25, -0.2) is 26.5 Å². The summed E-state index contributed by atoms with van der Waals surface area (Å²) < 4.78 is 55.6. The van der Waals surface area contributed by atoms with Gasteiger partial charge in [-0.05, 0) is 43.5 Å². The van der Waals surface area contributed by atoms with Crippen molar-refractivity contribution in [2.75, 3.05) is 12.4 Å². The normalized spacial score (nSPS) is 24.5. The molecule has 1 saturated heterocycles. The summed E-state index contributed by atoms with van der Waals surface area (Å²) in [6.45, 7) is 0. The monoisotopic (exact) mass is 469 g/mol. The van der Waals surface area contributed by atoms with Crippen molar-refractivity contribution in [3.8, 4) is 0 Å². The highest BCUT2D eigenvalue weighted by Gasteiger charge is 2.57. The van der Waals surface area contributed by atoms with Crippen molar-refractivity contribution in [1.82, 2.24) is 14.6 Å². The third kappa shape index (κ3) is 3.41. The number of fused-ring (bicyclic) bond motifs is 1. The number of hydrogen-bond acceptors (Lipinski definition) is 5. The van der Waals surface area contributed by atoms with Gasteiger partial charge < -0.3 is 10.6 Å². The first kappa shape index (κ1) is 21.4. The van der Waals surface area contributed by atoms with Crippen molar-refractivity contribution in [2.45, 2.75) is 30.1 Å². The van der Waals surface area contributed by atoms with Gasteiger partial charge in [0.1, 0.15) is 11.1 Å². The third-order valence-electron chi connectivity index (χ3n) is 5.71. The van der Waals surface area contributed by atoms with E-state index in [0.717, 1.165) is 22.6 Å². The summed E-state index contributed by atoms with van der Waals surface area (Å²) >= 11 is 5.65. The van der Waals surface area contributed by atoms with E-state index in [1.165, 1.54) is 19.2 Å². The van der Waals surface area contributed by atoms with Crippen LogP contribution in [0.4, 0.5) is 14.5 Å². The molecule has 31 heavy (non-hydrogen) atoms. The fourth-order valence-electron chi connectivity index (χ4n) is 4.22. The summed E-state index contributed by atoms with van der Waals surface area (Å²) in [6, 6.07) is 4.62. The molecule has 2 aromatic rings. The minimum atomic E-state index is -3.88. The summed E-state index contributed by atoms with van der Waals surface area (Å²) in [6.07, 6.45) is 2.21. The lowest BCUT2D eigenvalue weighted by molar-refractivity contribution is 0.101. The molecule has 1 amide bonds. The minimum absolute atomic E-state index is 0.0127. The van der Waals surface area contributed by atoms with Crippen LogP contribution in [-0.4, -0.2) is 41.9 Å². The zero-order valence-electron chi connectivity index (χ0n) is 16.2. The summed E-state index contributed by atoms with van der Waals surface area (Å²) in [4.78, 5) is 16.1. The molecule has 8 nitrogen and oxygen atoms in total. The van der Waals surface area contributed by atoms with Gasteiger partial charge in [0.2, 0.25) is 16.0 Å². The number of halogens is 3. The second kappa shape index (κ2) is 7.41. The molecule has 0 spiro atoms. The Labute approximate surface area is 182 Å². The largest absolute Gasteiger partial charge is 0.345 e. The maximum absolute atomic E-state index is 14.9. The fourth-order valence-corrected chi connectivity index (χ4v) is 6.32. The molecule has 12 heteroatoms. The van der Waals surface area contributed by atoms with Crippen LogP contribution in [0.25, 0.3) is 0 Å². The van der Waals surface area contributed by atoms with Crippen LogP contribution in [0.5, 0.6) is 0 Å². The molecule has 164 valence electrons. The molecule has 1 aromatic carbocycles. The van der Waals surface area contributed by atoms with Crippen molar-refractivity contribution < 1.29 is 22.0 Å². The Kier molecular flexibility index (Phi) is 5.13. The van der Waals surface area contributed by atoms with Crippen molar-refractivity contribution in [3.63, 3.8) is 0 Å². The standard InChI is InChI=1S/C19H18ClF2N5O3S/c1-27-18(23)26-19(6-2-3-15(19)31(27,29)30)12-8-11(4-5-13(12)21)25-17(28)16-14(22)7-10(20)9-24-16/h4-5,7-9,15H,2-3,6H2,1H3,(H2,23,26)(H,25,28)/t15-,19-/m1/s1. The van der Waals surface area contributed by atoms with Crippen LogP contribution in [0.2, 0.25) is 5.02 Å². The SMILES string of the molecule is CN1C(=N)N[C@@]2(c3cc(NC(=O)c4ncc(Cl)cc4F)ccc3F)CCC[C@H]2S1(=O)=O. The smallest absolute Gasteiger partial charge is 0.277 e. The predicted molar refractivity (Wildman–Crippen MR) is 110 cm³/mol. The first-order valence-electron chi connectivity index (χ1n) is 9.33. The minimum Gasteiger partial charge on any atom is -0.345 e. The number of nitrogens with zero attached hydrogens (tertiary/aromatic N) is 2. The number of nitrogens with one attached hydrogen (secondary N) is 3. The molecule has 2 atom stereocenters. The zero-order valence-corrected chi connectivity index (χ0v) is 17.8. The van der Waals surface area contributed by atoms with Gasteiger partial charge in [0, 0.05) is 24.5 Å². The van der Waals surface area contributed by atoms with E-state index in [1.807, 2.05) is 0 Å². The average Bonchev–Trinajstić information content (AvgIpc) is 3.13. The summed E-state index contributed by atoms with van der Waals surface area (Å²) in [5.41, 5.74) is -1.70. The van der Waals surface area contributed by atoms with Gasteiger partial charge in [-0.2, -0.15) is 0 Å². The third-order valence-corrected chi connectivity index (χ3v) is 8.22. The van der Waals surface area contributed by atoms with E-state index < -0.39 is 44.0 Å². The molecule has 2 heterocycles. The Morgan fingerprint density at radius 1 is 1.35 bits per heavy atom. The highest BCUT2D eigenvalue weighted by Crippen LogP contribution is 2.47. The Balaban J connectivity index is 1.73. The van der Waals surface area contributed by atoms with Crippen molar-refractivity contribution in [1.29, 1.82) is 5.41 Å². The summed E-state index contributed by atoms with van der Waals surface area (Å²) in [5.74, 6) is -2.83. The van der Waals surface area contributed by atoms with E-state index >= 15 is 0 Å². The molecule has 0 unspecified atom stereocenters. The highest BCUT2D eigenvalue weighted by atomic mass is 35.5. The molecule has 1 aromatic heterocycles. The number of carbonyl (C=O) groups excluding carboxylic acids is 1. The van der Waals surface area contributed by atoms with Crippen LogP contribution in [0.3, 0.4) is 0 Å². The maximum Gasteiger partial charge on any atom is 0.277 e. The van der Waals surface area contributed by atoms with Crippen LogP contribution >= 0.6 is 11.6 Å². The van der Waals surface area contributed by atoms with Crippen LogP contribution in [0, 0.1) is 17.0 Å². The molecular weight excluding hydrogens is 452 g/mol. The number of amides is 1. The quantitative estimate of drug-likeness (QED) is 0.639. The molecule has 2 aliphatic rings. The van der Waals surface area contributed by atoms with E-state index in [4.69, 9.17) is 17.0 Å². The maximum atomic E-state index is 14.9. The molecule has 2 fully saturated rings. The van der Waals surface area contributed by atoms with Crippen molar-refractivity contribution in [3.05, 3.63) is 58.4 Å². The van der Waals surface area contributed by atoms with Gasteiger partial charge in [-0.15, -0.1) is 0 Å². The second-order valence-electron chi connectivity index (χ2n) is 7.47. The summed E-state index contributed by atoms with van der Waals surface area (Å²) in [7, 11) is -2.61. The number of guanidine groups is 1. The summed E-state index contributed by atoms with van der Waals surface area (Å²) in [5, 5.41) is 12.4. The number of aromatic nitrogens is 1. The van der Waals surface area contributed by atoms with E-state index in [0.29, 0.717) is 12.8 Å². The van der Waals surface area contributed by atoms with Gasteiger partial charge in [-0.1, -0.05) is 11.6 Å². The first-order valence-corrected chi connectivity index (χ1v) is 11.2. The Bertz CT molecular complexity index is 1210. The van der Waals surface area contributed by atoms with E-state index in [1.54, 1.807) is 0 Å². The molecule has 1 aliphatic heterocycles. The molecule has 4 rings (SSSR count). The lowest BCUT2D eigenvalue weighted by Gasteiger charge is -2.44. The number of sulfonamides is 1. The molecule has 1 aliphatic carbocycles. The van der Waals surface area contributed by atoms with Crippen molar-refractivity contribution >= 4 is 39.2 Å². The number of anilines is 1. The highest BCUT2D eigenvalue weighted by molar-refractivity contribution is 7.90. The van der Waals surface area contributed by atoms with Crippen LogP contribution < -0.4 is 10.6 Å². The number of hydrogen-bond donors (Lipinski definition) is 3. The van der Waals surface area contributed by atoms with Gasteiger partial charge in [0.05, 0.1) is 10.6 Å². The van der Waals surface area contributed by atoms with Gasteiger partial charge in [0.25, 0.3) is 5.91 Å². The number of rotatable bonds is 3. The van der Waals surface area contributed by atoms with Gasteiger partial charge >= 0.3 is 0 Å². The Morgan fingerprint density at radius 3 is 2.81 bits per heavy atom. The molecule has 0 bridgehead atoms. The lowest BCUT2D eigenvalue weighted by Crippen LogP contribution is -2.65. The van der Waals surface area contributed by atoms with Crippen molar-refractivity contribution in [2.24, 2.45) is 0 Å². The van der Waals surface area contributed by atoms with Crippen LogP contribution in [0.1, 0.15) is 35.3 Å². The average molecular weight is 470 g/mol. The molecule has 1 saturated carbocycles. The first-order chi connectivity index (χ1) is 14.6. The lowest BCUT2D eigenvalue weighted by atomic mass is 9.86. The second-order valence-corrected chi connectivity index (χ2v) is 10.1.